The minimum Gasteiger partial charge on any atom is -0.491 e. The van der Waals surface area contributed by atoms with Gasteiger partial charge in [0, 0.05) is 35.3 Å². The van der Waals surface area contributed by atoms with E-state index in [1.807, 2.05) is 36.7 Å². The molecule has 6 rings (SSSR count). The highest BCUT2D eigenvalue weighted by Crippen LogP contribution is 2.30. The van der Waals surface area contributed by atoms with Gasteiger partial charge in [0.1, 0.15) is 23.7 Å². The van der Waals surface area contributed by atoms with Crippen LogP contribution in [0.2, 0.25) is 0 Å². The fourth-order valence-corrected chi connectivity index (χ4v) is 4.30. The quantitative estimate of drug-likeness (QED) is 0.426. The SMILES string of the molecule is c1cnc2[nH]c(-c3n[nH]c4cnc(-c5cncc(OCCN6CCCC6)c5)cc34)cc2c1. The number of fused-ring (bicyclic) bond motifs is 2. The molecule has 1 aliphatic rings. The minimum atomic E-state index is 0.665. The van der Waals surface area contributed by atoms with E-state index in [2.05, 4.69) is 41.1 Å². The molecule has 8 nitrogen and oxygen atoms in total. The number of hydrogen-bond acceptors (Lipinski definition) is 6. The Morgan fingerprint density at radius 2 is 1.97 bits per heavy atom. The first-order chi connectivity index (χ1) is 15.8. The molecular weight excluding hydrogens is 402 g/mol. The average molecular weight is 425 g/mol. The molecule has 0 unspecified atom stereocenters. The Bertz CT molecular complexity index is 1350. The summed E-state index contributed by atoms with van der Waals surface area (Å²) in [6, 6.07) is 10.1. The molecule has 160 valence electrons. The second-order valence-electron chi connectivity index (χ2n) is 8.12. The van der Waals surface area contributed by atoms with Crippen LogP contribution in [0.3, 0.4) is 0 Å². The van der Waals surface area contributed by atoms with Gasteiger partial charge in [0.15, 0.2) is 0 Å². The van der Waals surface area contributed by atoms with Crippen LogP contribution in [-0.4, -0.2) is 61.3 Å². The van der Waals surface area contributed by atoms with Crippen LogP contribution in [0.5, 0.6) is 5.75 Å². The summed E-state index contributed by atoms with van der Waals surface area (Å²) in [7, 11) is 0. The van der Waals surface area contributed by atoms with Gasteiger partial charge in [-0.05, 0) is 56.3 Å². The first-order valence-electron chi connectivity index (χ1n) is 10.9. The van der Waals surface area contributed by atoms with Crippen LogP contribution < -0.4 is 4.74 Å². The maximum absolute atomic E-state index is 5.97. The monoisotopic (exact) mass is 425 g/mol. The molecule has 5 aromatic rings. The van der Waals surface area contributed by atoms with Crippen molar-refractivity contribution in [2.45, 2.75) is 12.8 Å². The average Bonchev–Trinajstić information content (AvgIpc) is 3.58. The van der Waals surface area contributed by atoms with Gasteiger partial charge in [0.05, 0.1) is 29.3 Å². The Morgan fingerprint density at radius 1 is 1.03 bits per heavy atom. The molecule has 32 heavy (non-hydrogen) atoms. The zero-order chi connectivity index (χ0) is 21.3. The van der Waals surface area contributed by atoms with E-state index >= 15 is 0 Å². The number of aromatic nitrogens is 6. The molecule has 8 heteroatoms. The molecule has 0 bridgehead atoms. The van der Waals surface area contributed by atoms with Crippen molar-refractivity contribution in [2.75, 3.05) is 26.2 Å². The Morgan fingerprint density at radius 3 is 2.88 bits per heavy atom. The van der Waals surface area contributed by atoms with Gasteiger partial charge >= 0.3 is 0 Å². The van der Waals surface area contributed by atoms with Crippen molar-refractivity contribution < 1.29 is 4.74 Å². The van der Waals surface area contributed by atoms with Crippen LogP contribution in [0.15, 0.2) is 55.1 Å². The van der Waals surface area contributed by atoms with Crippen molar-refractivity contribution in [3.63, 3.8) is 0 Å². The fraction of sp³-hybridized carbons (Fsp3) is 0.250. The number of pyridine rings is 3. The Labute approximate surface area is 184 Å². The lowest BCUT2D eigenvalue weighted by molar-refractivity contribution is 0.237. The van der Waals surface area contributed by atoms with Gasteiger partial charge in [0.2, 0.25) is 0 Å². The molecule has 1 fully saturated rings. The van der Waals surface area contributed by atoms with Gasteiger partial charge in [0.25, 0.3) is 0 Å². The fourth-order valence-electron chi connectivity index (χ4n) is 4.30. The van der Waals surface area contributed by atoms with Gasteiger partial charge in [-0.15, -0.1) is 0 Å². The highest BCUT2D eigenvalue weighted by atomic mass is 16.5. The molecule has 1 aliphatic heterocycles. The zero-order valence-electron chi connectivity index (χ0n) is 17.6. The normalized spacial score (nSPS) is 14.5. The number of aromatic amines is 2. The third-order valence-electron chi connectivity index (χ3n) is 5.98. The van der Waals surface area contributed by atoms with Crippen molar-refractivity contribution in [2.24, 2.45) is 0 Å². The van der Waals surface area contributed by atoms with E-state index in [0.717, 1.165) is 56.9 Å². The van der Waals surface area contributed by atoms with Gasteiger partial charge in [-0.2, -0.15) is 5.10 Å². The highest BCUT2D eigenvalue weighted by Gasteiger charge is 2.14. The number of hydrogen-bond donors (Lipinski definition) is 2. The predicted molar refractivity (Wildman–Crippen MR) is 123 cm³/mol. The Balaban J connectivity index is 1.28. The topological polar surface area (TPSA) is 95.6 Å². The number of ether oxygens (including phenoxy) is 1. The zero-order valence-corrected chi connectivity index (χ0v) is 17.6. The van der Waals surface area contributed by atoms with Crippen LogP contribution in [0, 0.1) is 0 Å². The molecule has 1 saturated heterocycles. The Hall–Kier alpha value is -3.78. The summed E-state index contributed by atoms with van der Waals surface area (Å²) < 4.78 is 5.97. The second kappa shape index (κ2) is 8.05. The minimum absolute atomic E-state index is 0.665. The van der Waals surface area contributed by atoms with Crippen molar-refractivity contribution >= 4 is 21.9 Å². The van der Waals surface area contributed by atoms with Crippen molar-refractivity contribution in [3.05, 3.63) is 55.1 Å². The maximum Gasteiger partial charge on any atom is 0.138 e. The van der Waals surface area contributed by atoms with E-state index in [4.69, 9.17) is 4.74 Å². The number of nitrogens with one attached hydrogen (secondary N) is 2. The summed E-state index contributed by atoms with van der Waals surface area (Å²) in [5.74, 6) is 0.762. The summed E-state index contributed by atoms with van der Waals surface area (Å²) >= 11 is 0. The lowest BCUT2D eigenvalue weighted by atomic mass is 10.1. The highest BCUT2D eigenvalue weighted by molar-refractivity contribution is 5.96. The number of rotatable bonds is 6. The molecule has 6 heterocycles. The molecule has 0 aromatic carbocycles. The first-order valence-corrected chi connectivity index (χ1v) is 10.9. The standard InChI is InChI=1S/C24H23N7O/c1-2-7-31(6-1)8-9-32-18-10-17(13-25-14-18)20-12-19-22(15-27-20)29-30-23(19)21-11-16-4-3-5-26-24(16)28-21/h3-5,10-15H,1-2,6-9H2,(H,26,28)(H,29,30). The smallest absolute Gasteiger partial charge is 0.138 e. The van der Waals surface area contributed by atoms with Gasteiger partial charge in [-0.25, -0.2) is 4.98 Å². The van der Waals surface area contributed by atoms with E-state index in [9.17, 15) is 0 Å². The molecule has 2 N–H and O–H groups in total. The molecule has 0 amide bonds. The van der Waals surface area contributed by atoms with E-state index in [-0.39, 0.29) is 0 Å². The molecule has 0 spiro atoms. The summed E-state index contributed by atoms with van der Waals surface area (Å²) in [6.07, 6.45) is 9.73. The van der Waals surface area contributed by atoms with Crippen LogP contribution in [-0.2, 0) is 0 Å². The second-order valence-corrected chi connectivity index (χ2v) is 8.12. The van der Waals surface area contributed by atoms with E-state index in [0.29, 0.717) is 6.61 Å². The summed E-state index contributed by atoms with van der Waals surface area (Å²) in [6.45, 7) is 3.96. The van der Waals surface area contributed by atoms with E-state index < -0.39 is 0 Å². The molecular formula is C24H23N7O. The lowest BCUT2D eigenvalue weighted by Gasteiger charge is -2.15. The molecule has 0 aliphatic carbocycles. The van der Waals surface area contributed by atoms with Gasteiger partial charge < -0.3 is 9.72 Å². The van der Waals surface area contributed by atoms with Gasteiger partial charge in [-0.3, -0.25) is 20.0 Å². The van der Waals surface area contributed by atoms with Crippen molar-refractivity contribution in [1.29, 1.82) is 0 Å². The molecule has 5 aromatic heterocycles. The van der Waals surface area contributed by atoms with Crippen LogP contribution in [0.25, 0.3) is 44.6 Å². The third-order valence-corrected chi connectivity index (χ3v) is 5.98. The molecule has 0 saturated carbocycles. The third kappa shape index (κ3) is 3.58. The van der Waals surface area contributed by atoms with E-state index in [1.165, 1.54) is 25.9 Å². The summed E-state index contributed by atoms with van der Waals surface area (Å²) in [4.78, 5) is 19.2. The number of nitrogens with zero attached hydrogens (tertiary/aromatic N) is 5. The van der Waals surface area contributed by atoms with Crippen molar-refractivity contribution in [3.8, 4) is 28.4 Å². The number of likely N-dealkylation sites (tertiary alicyclic amines) is 1. The Kier molecular flexibility index (Phi) is 4.77. The van der Waals surface area contributed by atoms with Gasteiger partial charge in [-0.1, -0.05) is 0 Å². The molecule has 0 atom stereocenters. The van der Waals surface area contributed by atoms with E-state index in [1.54, 1.807) is 12.4 Å². The molecule has 0 radical (unpaired) electrons. The van der Waals surface area contributed by atoms with Crippen LogP contribution in [0.4, 0.5) is 0 Å². The van der Waals surface area contributed by atoms with Crippen LogP contribution >= 0.6 is 0 Å². The summed E-state index contributed by atoms with van der Waals surface area (Å²) in [5.41, 5.74) is 5.21. The van der Waals surface area contributed by atoms with Crippen molar-refractivity contribution in [1.82, 2.24) is 35.0 Å². The maximum atomic E-state index is 5.97. The predicted octanol–water partition coefficient (Wildman–Crippen LogP) is 4.04. The largest absolute Gasteiger partial charge is 0.491 e. The lowest BCUT2D eigenvalue weighted by Crippen LogP contribution is -2.25. The summed E-state index contributed by atoms with van der Waals surface area (Å²) in [5, 5.41) is 9.64. The number of H-pyrrole nitrogens is 2. The van der Waals surface area contributed by atoms with Crippen LogP contribution in [0.1, 0.15) is 12.8 Å². The first kappa shape index (κ1) is 18.9.